The van der Waals surface area contributed by atoms with Crippen LogP contribution in [-0.2, 0) is 11.2 Å². The van der Waals surface area contributed by atoms with E-state index in [1.165, 1.54) is 18.5 Å². The maximum absolute atomic E-state index is 13.0. The van der Waals surface area contributed by atoms with Crippen LogP contribution in [0.1, 0.15) is 15.9 Å². The number of halogens is 1. The lowest BCUT2D eigenvalue weighted by atomic mass is 10.1. The van der Waals surface area contributed by atoms with E-state index in [2.05, 4.69) is 4.98 Å². The Morgan fingerprint density at radius 3 is 2.44 bits per heavy atom. The lowest BCUT2D eigenvalue weighted by Gasteiger charge is -2.35. The van der Waals surface area contributed by atoms with Crippen molar-refractivity contribution in [2.24, 2.45) is 0 Å². The van der Waals surface area contributed by atoms with Gasteiger partial charge in [-0.1, -0.05) is 12.1 Å². The molecule has 1 aliphatic heterocycles. The molecule has 0 unspecified atom stereocenters. The largest absolute Gasteiger partial charge is 0.443 e. The minimum atomic E-state index is -0.318. The van der Waals surface area contributed by atoms with Crippen LogP contribution in [0.3, 0.4) is 0 Å². The van der Waals surface area contributed by atoms with Crippen LogP contribution in [0, 0.1) is 5.82 Å². The van der Waals surface area contributed by atoms with E-state index < -0.39 is 0 Å². The van der Waals surface area contributed by atoms with Crippen LogP contribution < -0.4 is 0 Å². The molecule has 0 atom stereocenters. The number of carbonyl (C=O) groups is 2. The van der Waals surface area contributed by atoms with Crippen LogP contribution in [0.15, 0.2) is 53.3 Å². The highest BCUT2D eigenvalue weighted by Crippen LogP contribution is 2.17. The Morgan fingerprint density at radius 1 is 1.00 bits per heavy atom. The number of rotatable bonds is 3. The summed E-state index contributed by atoms with van der Waals surface area (Å²) >= 11 is 0. The number of benzene rings is 2. The monoisotopic (exact) mass is 367 g/mol. The van der Waals surface area contributed by atoms with E-state index in [-0.39, 0.29) is 24.1 Å². The Hall–Kier alpha value is -3.22. The number of piperazine rings is 1. The van der Waals surface area contributed by atoms with E-state index in [0.717, 1.165) is 5.56 Å². The molecule has 6 nitrogen and oxygen atoms in total. The SMILES string of the molecule is O=C(Cc1ccc(F)cc1)N1CCN(C(=O)c2ccc3ncoc3c2)CC1. The van der Waals surface area contributed by atoms with E-state index in [0.29, 0.717) is 42.8 Å². The summed E-state index contributed by atoms with van der Waals surface area (Å²) in [5, 5.41) is 0. The second kappa shape index (κ2) is 7.19. The molecular weight excluding hydrogens is 349 g/mol. The first-order valence-corrected chi connectivity index (χ1v) is 8.75. The summed E-state index contributed by atoms with van der Waals surface area (Å²) < 4.78 is 18.2. The zero-order valence-corrected chi connectivity index (χ0v) is 14.6. The molecule has 0 radical (unpaired) electrons. The molecule has 1 aromatic heterocycles. The fraction of sp³-hybridized carbons (Fsp3) is 0.250. The number of hydrogen-bond donors (Lipinski definition) is 0. The summed E-state index contributed by atoms with van der Waals surface area (Å²) in [7, 11) is 0. The quantitative estimate of drug-likeness (QED) is 0.713. The van der Waals surface area contributed by atoms with Gasteiger partial charge in [-0.05, 0) is 35.9 Å². The minimum Gasteiger partial charge on any atom is -0.443 e. The van der Waals surface area contributed by atoms with Crippen LogP contribution in [0.25, 0.3) is 11.1 Å². The molecule has 0 N–H and O–H groups in total. The molecule has 4 rings (SSSR count). The van der Waals surface area contributed by atoms with Gasteiger partial charge in [0, 0.05) is 31.7 Å². The lowest BCUT2D eigenvalue weighted by Crippen LogP contribution is -2.51. The average molecular weight is 367 g/mol. The van der Waals surface area contributed by atoms with Gasteiger partial charge >= 0.3 is 0 Å². The topological polar surface area (TPSA) is 66.7 Å². The van der Waals surface area contributed by atoms with Gasteiger partial charge in [-0.25, -0.2) is 9.37 Å². The Morgan fingerprint density at radius 2 is 1.70 bits per heavy atom. The molecule has 1 saturated heterocycles. The van der Waals surface area contributed by atoms with Gasteiger partial charge in [0.25, 0.3) is 5.91 Å². The first-order chi connectivity index (χ1) is 13.1. The molecule has 0 spiro atoms. The van der Waals surface area contributed by atoms with E-state index in [4.69, 9.17) is 4.42 Å². The molecule has 27 heavy (non-hydrogen) atoms. The Kier molecular flexibility index (Phi) is 4.58. The number of aromatic nitrogens is 1. The number of carbonyl (C=O) groups excluding carboxylic acids is 2. The fourth-order valence-corrected chi connectivity index (χ4v) is 3.22. The predicted molar refractivity (Wildman–Crippen MR) is 96.6 cm³/mol. The standard InChI is InChI=1S/C20H18FN3O3/c21-16-4-1-14(2-5-16)11-19(25)23-7-9-24(10-8-23)20(26)15-3-6-17-18(12-15)27-13-22-17/h1-6,12-13H,7-11H2. The predicted octanol–water partition coefficient (Wildman–Crippen LogP) is 2.49. The normalized spacial score (nSPS) is 14.6. The van der Waals surface area contributed by atoms with Crippen molar-refractivity contribution in [3.05, 3.63) is 65.8 Å². The van der Waals surface area contributed by atoms with Crippen molar-refractivity contribution in [1.29, 1.82) is 0 Å². The number of fused-ring (bicyclic) bond motifs is 1. The Bertz CT molecular complexity index is 976. The molecule has 0 bridgehead atoms. The van der Waals surface area contributed by atoms with Gasteiger partial charge in [-0.2, -0.15) is 0 Å². The van der Waals surface area contributed by atoms with Crippen molar-refractivity contribution in [1.82, 2.24) is 14.8 Å². The van der Waals surface area contributed by atoms with E-state index >= 15 is 0 Å². The van der Waals surface area contributed by atoms with Gasteiger partial charge in [-0.3, -0.25) is 9.59 Å². The molecule has 2 aromatic carbocycles. The van der Waals surface area contributed by atoms with Crippen LogP contribution in [-0.4, -0.2) is 52.8 Å². The number of oxazole rings is 1. The highest BCUT2D eigenvalue weighted by molar-refractivity contribution is 5.97. The molecule has 0 saturated carbocycles. The maximum atomic E-state index is 13.0. The molecule has 0 aliphatic carbocycles. The van der Waals surface area contributed by atoms with Crippen molar-refractivity contribution < 1.29 is 18.4 Å². The van der Waals surface area contributed by atoms with Crippen LogP contribution in [0.4, 0.5) is 4.39 Å². The molecule has 1 aliphatic rings. The number of amides is 2. The third kappa shape index (κ3) is 3.67. The number of nitrogens with zero attached hydrogens (tertiary/aromatic N) is 3. The van der Waals surface area contributed by atoms with Crippen molar-refractivity contribution in [3.63, 3.8) is 0 Å². The average Bonchev–Trinajstić information content (AvgIpc) is 3.17. The Balaban J connectivity index is 1.35. The van der Waals surface area contributed by atoms with Gasteiger partial charge < -0.3 is 14.2 Å². The second-order valence-electron chi connectivity index (χ2n) is 6.51. The summed E-state index contributed by atoms with van der Waals surface area (Å²) in [6.07, 6.45) is 1.58. The van der Waals surface area contributed by atoms with Gasteiger partial charge in [0.1, 0.15) is 11.3 Å². The summed E-state index contributed by atoms with van der Waals surface area (Å²) in [4.78, 5) is 32.6. The van der Waals surface area contributed by atoms with Gasteiger partial charge in [0.15, 0.2) is 12.0 Å². The zero-order chi connectivity index (χ0) is 18.8. The van der Waals surface area contributed by atoms with Crippen LogP contribution >= 0.6 is 0 Å². The van der Waals surface area contributed by atoms with E-state index in [1.54, 1.807) is 40.1 Å². The van der Waals surface area contributed by atoms with E-state index in [1.807, 2.05) is 0 Å². The second-order valence-corrected chi connectivity index (χ2v) is 6.51. The Labute approximate surface area is 155 Å². The van der Waals surface area contributed by atoms with Crippen molar-refractivity contribution >= 4 is 22.9 Å². The molecule has 1 fully saturated rings. The minimum absolute atomic E-state index is 0.0169. The molecule has 3 aromatic rings. The third-order valence-electron chi connectivity index (χ3n) is 4.77. The van der Waals surface area contributed by atoms with Crippen LogP contribution in [0.5, 0.6) is 0 Å². The summed E-state index contributed by atoms with van der Waals surface area (Å²) in [6, 6.07) is 11.1. The first-order valence-electron chi connectivity index (χ1n) is 8.75. The summed E-state index contributed by atoms with van der Waals surface area (Å²) in [5.74, 6) is -0.419. The molecule has 2 heterocycles. The van der Waals surface area contributed by atoms with Gasteiger partial charge in [0.2, 0.25) is 5.91 Å². The molecule has 2 amide bonds. The summed E-state index contributed by atoms with van der Waals surface area (Å²) in [6.45, 7) is 1.91. The first kappa shape index (κ1) is 17.2. The molecular formula is C20H18FN3O3. The lowest BCUT2D eigenvalue weighted by molar-refractivity contribution is -0.131. The van der Waals surface area contributed by atoms with Gasteiger partial charge in [-0.15, -0.1) is 0 Å². The van der Waals surface area contributed by atoms with Crippen molar-refractivity contribution in [2.45, 2.75) is 6.42 Å². The fourth-order valence-electron chi connectivity index (χ4n) is 3.22. The van der Waals surface area contributed by atoms with E-state index in [9.17, 15) is 14.0 Å². The third-order valence-corrected chi connectivity index (χ3v) is 4.77. The molecule has 138 valence electrons. The van der Waals surface area contributed by atoms with Crippen molar-refractivity contribution in [3.8, 4) is 0 Å². The zero-order valence-electron chi connectivity index (χ0n) is 14.6. The smallest absolute Gasteiger partial charge is 0.254 e. The van der Waals surface area contributed by atoms with Gasteiger partial charge in [0.05, 0.1) is 6.42 Å². The highest BCUT2D eigenvalue weighted by atomic mass is 19.1. The highest BCUT2D eigenvalue weighted by Gasteiger charge is 2.25. The number of hydrogen-bond acceptors (Lipinski definition) is 4. The van der Waals surface area contributed by atoms with Crippen LogP contribution in [0.2, 0.25) is 0 Å². The maximum Gasteiger partial charge on any atom is 0.254 e. The van der Waals surface area contributed by atoms with Crippen molar-refractivity contribution in [2.75, 3.05) is 26.2 Å². The summed E-state index contributed by atoms with van der Waals surface area (Å²) in [5.41, 5.74) is 2.61. The molecule has 7 heteroatoms.